The summed E-state index contributed by atoms with van der Waals surface area (Å²) >= 11 is 5.56. The van der Waals surface area contributed by atoms with E-state index in [0.29, 0.717) is 6.04 Å². The zero-order valence-electron chi connectivity index (χ0n) is 12.1. The average molecular weight is 287 g/mol. The van der Waals surface area contributed by atoms with Gasteiger partial charge in [-0.05, 0) is 74.7 Å². The number of hydrogen-bond donors (Lipinski definition) is 1. The van der Waals surface area contributed by atoms with Crippen molar-refractivity contribution in [1.29, 1.82) is 0 Å². The van der Waals surface area contributed by atoms with Crippen LogP contribution in [0.2, 0.25) is 0 Å². The predicted octanol–water partition coefficient (Wildman–Crippen LogP) is 4.40. The minimum Gasteiger partial charge on any atom is -0.329 e. The van der Waals surface area contributed by atoms with Gasteiger partial charge in [-0.2, -0.15) is 0 Å². The van der Waals surface area contributed by atoms with Gasteiger partial charge in [0.05, 0.1) is 5.52 Å². The van der Waals surface area contributed by atoms with Crippen molar-refractivity contribution in [1.82, 2.24) is 14.5 Å². The first-order valence-electron chi connectivity index (χ1n) is 7.70. The van der Waals surface area contributed by atoms with E-state index in [4.69, 9.17) is 12.2 Å². The van der Waals surface area contributed by atoms with Crippen LogP contribution in [0.4, 0.5) is 0 Å². The maximum Gasteiger partial charge on any atom is 0.179 e. The molecule has 0 amide bonds. The highest BCUT2D eigenvalue weighted by Gasteiger charge is 2.42. The number of hydrogen-bond acceptors (Lipinski definition) is 2. The third kappa shape index (κ3) is 1.77. The molecule has 0 aromatic carbocycles. The molecule has 2 bridgehead atoms. The molecule has 2 aromatic rings. The highest BCUT2D eigenvalue weighted by atomic mass is 32.1. The fourth-order valence-electron chi connectivity index (χ4n) is 4.57. The van der Waals surface area contributed by atoms with Crippen LogP contribution in [0.5, 0.6) is 0 Å². The molecule has 0 spiro atoms. The van der Waals surface area contributed by atoms with Crippen LogP contribution < -0.4 is 0 Å². The third-order valence-electron chi connectivity index (χ3n) is 5.51. The van der Waals surface area contributed by atoms with Crippen LogP contribution >= 0.6 is 12.2 Å². The van der Waals surface area contributed by atoms with E-state index in [1.165, 1.54) is 31.2 Å². The molecule has 4 rings (SSSR count). The molecule has 1 N–H and O–H groups in total. The van der Waals surface area contributed by atoms with Crippen molar-refractivity contribution in [2.24, 2.45) is 17.8 Å². The Bertz CT molecular complexity index is 714. The van der Waals surface area contributed by atoms with Crippen LogP contribution in [-0.2, 0) is 0 Å². The van der Waals surface area contributed by atoms with Crippen molar-refractivity contribution in [3.05, 3.63) is 22.6 Å². The van der Waals surface area contributed by atoms with Crippen molar-refractivity contribution in [3.63, 3.8) is 0 Å². The van der Waals surface area contributed by atoms with Crippen molar-refractivity contribution in [2.75, 3.05) is 0 Å². The Morgan fingerprint density at radius 3 is 2.95 bits per heavy atom. The average Bonchev–Trinajstić information content (AvgIpc) is 3.10. The molecule has 2 aromatic heterocycles. The van der Waals surface area contributed by atoms with Gasteiger partial charge in [-0.15, -0.1) is 0 Å². The Kier molecular flexibility index (Phi) is 2.78. The molecule has 4 unspecified atom stereocenters. The first-order valence-corrected chi connectivity index (χ1v) is 8.11. The Labute approximate surface area is 124 Å². The van der Waals surface area contributed by atoms with Gasteiger partial charge in [0.25, 0.3) is 0 Å². The summed E-state index contributed by atoms with van der Waals surface area (Å²) < 4.78 is 3.09. The molecule has 3 nitrogen and oxygen atoms in total. The summed E-state index contributed by atoms with van der Waals surface area (Å²) in [6.07, 6.45) is 7.63. The summed E-state index contributed by atoms with van der Waals surface area (Å²) in [7, 11) is 0. The molecule has 0 saturated heterocycles. The van der Waals surface area contributed by atoms with Gasteiger partial charge in [0, 0.05) is 12.2 Å². The maximum atomic E-state index is 5.56. The SMILES string of the molecule is Cc1cnc2c(c1)[nH]c(=S)n2C(C)C1CC2CCC1C2. The van der Waals surface area contributed by atoms with Crippen LogP contribution in [0, 0.1) is 29.4 Å². The van der Waals surface area contributed by atoms with Crippen LogP contribution in [0.3, 0.4) is 0 Å². The van der Waals surface area contributed by atoms with Crippen molar-refractivity contribution in [2.45, 2.75) is 45.6 Å². The summed E-state index contributed by atoms with van der Waals surface area (Å²) in [5, 5.41) is 0. The number of nitrogens with one attached hydrogen (secondary N) is 1. The first kappa shape index (κ1) is 12.6. The Morgan fingerprint density at radius 1 is 1.40 bits per heavy atom. The van der Waals surface area contributed by atoms with Crippen LogP contribution in [0.15, 0.2) is 12.3 Å². The summed E-state index contributed by atoms with van der Waals surface area (Å²) in [5.41, 5.74) is 3.27. The largest absolute Gasteiger partial charge is 0.329 e. The summed E-state index contributed by atoms with van der Waals surface area (Å²) in [6.45, 7) is 4.40. The van der Waals surface area contributed by atoms with Gasteiger partial charge in [0.1, 0.15) is 0 Å². The standard InChI is InChI=1S/C16H21N3S/c1-9-5-14-15(17-8-9)19(16(20)18-14)10(2)13-7-11-3-4-12(13)6-11/h5,8,10-13H,3-4,6-7H2,1-2H3,(H,18,20). The summed E-state index contributed by atoms with van der Waals surface area (Å²) in [4.78, 5) is 7.95. The van der Waals surface area contributed by atoms with E-state index < -0.39 is 0 Å². The first-order chi connectivity index (χ1) is 9.63. The normalized spacial score (nSPS) is 30.2. The van der Waals surface area contributed by atoms with E-state index in [1.54, 1.807) is 0 Å². The van der Waals surface area contributed by atoms with E-state index in [1.807, 2.05) is 6.20 Å². The molecule has 2 fully saturated rings. The lowest BCUT2D eigenvalue weighted by Crippen LogP contribution is -2.22. The maximum absolute atomic E-state index is 5.56. The summed E-state index contributed by atoms with van der Waals surface area (Å²) in [6, 6.07) is 2.60. The zero-order chi connectivity index (χ0) is 13.9. The van der Waals surface area contributed by atoms with Crippen LogP contribution in [-0.4, -0.2) is 14.5 Å². The Balaban J connectivity index is 1.78. The molecule has 2 aliphatic carbocycles. The molecule has 4 heteroatoms. The van der Waals surface area contributed by atoms with Crippen LogP contribution in [0.1, 0.15) is 44.2 Å². The quantitative estimate of drug-likeness (QED) is 0.831. The molecule has 0 aliphatic heterocycles. The number of pyridine rings is 1. The second-order valence-corrected chi connectivity index (χ2v) is 7.15. The second kappa shape index (κ2) is 4.42. The molecule has 2 heterocycles. The molecular formula is C16H21N3S. The van der Waals surface area contributed by atoms with Crippen molar-refractivity contribution in [3.8, 4) is 0 Å². The molecule has 20 heavy (non-hydrogen) atoms. The lowest BCUT2D eigenvalue weighted by atomic mass is 9.84. The van der Waals surface area contributed by atoms with E-state index in [9.17, 15) is 0 Å². The van der Waals surface area contributed by atoms with Gasteiger partial charge in [0.15, 0.2) is 10.4 Å². The minimum absolute atomic E-state index is 0.460. The predicted molar refractivity (Wildman–Crippen MR) is 83.3 cm³/mol. The molecule has 106 valence electrons. The number of nitrogens with zero attached hydrogens (tertiary/aromatic N) is 2. The number of rotatable bonds is 2. The Morgan fingerprint density at radius 2 is 2.25 bits per heavy atom. The second-order valence-electron chi connectivity index (χ2n) is 6.76. The van der Waals surface area contributed by atoms with Gasteiger partial charge in [-0.1, -0.05) is 6.42 Å². The number of aromatic amines is 1. The van der Waals surface area contributed by atoms with E-state index in [2.05, 4.69) is 34.4 Å². The number of fused-ring (bicyclic) bond motifs is 3. The van der Waals surface area contributed by atoms with E-state index in [-0.39, 0.29) is 0 Å². The van der Waals surface area contributed by atoms with Gasteiger partial charge >= 0.3 is 0 Å². The summed E-state index contributed by atoms with van der Waals surface area (Å²) in [5.74, 6) is 2.66. The van der Waals surface area contributed by atoms with E-state index in [0.717, 1.165) is 33.7 Å². The zero-order valence-corrected chi connectivity index (χ0v) is 12.9. The van der Waals surface area contributed by atoms with Gasteiger partial charge in [-0.25, -0.2) is 4.98 Å². The minimum atomic E-state index is 0.460. The smallest absolute Gasteiger partial charge is 0.179 e. The molecular weight excluding hydrogens is 266 g/mol. The number of aryl methyl sites for hydroxylation is 1. The molecule has 2 saturated carbocycles. The Hall–Kier alpha value is -1.16. The molecule has 2 aliphatic rings. The number of aromatic nitrogens is 3. The topological polar surface area (TPSA) is 33.6 Å². The lowest BCUT2D eigenvalue weighted by molar-refractivity contribution is 0.244. The van der Waals surface area contributed by atoms with Crippen molar-refractivity contribution >= 4 is 23.4 Å². The number of H-pyrrole nitrogens is 1. The lowest BCUT2D eigenvalue weighted by Gasteiger charge is -2.28. The van der Waals surface area contributed by atoms with Crippen molar-refractivity contribution < 1.29 is 0 Å². The fourth-order valence-corrected chi connectivity index (χ4v) is 4.93. The highest BCUT2D eigenvalue weighted by molar-refractivity contribution is 7.71. The molecule has 0 radical (unpaired) electrons. The number of imidazole rings is 1. The van der Waals surface area contributed by atoms with Gasteiger partial charge < -0.3 is 4.98 Å². The van der Waals surface area contributed by atoms with E-state index >= 15 is 0 Å². The van der Waals surface area contributed by atoms with Crippen LogP contribution in [0.25, 0.3) is 11.2 Å². The van der Waals surface area contributed by atoms with Gasteiger partial charge in [0.2, 0.25) is 0 Å². The highest BCUT2D eigenvalue weighted by Crippen LogP contribution is 2.52. The molecule has 4 atom stereocenters. The third-order valence-corrected chi connectivity index (χ3v) is 5.81. The fraction of sp³-hybridized carbons (Fsp3) is 0.625. The van der Waals surface area contributed by atoms with Gasteiger partial charge in [-0.3, -0.25) is 4.57 Å². The monoisotopic (exact) mass is 287 g/mol.